The van der Waals surface area contributed by atoms with Crippen molar-refractivity contribution in [1.82, 2.24) is 10.3 Å². The minimum Gasteiger partial charge on any atom is -0.399 e. The van der Waals surface area contributed by atoms with Crippen molar-refractivity contribution in [2.45, 2.75) is 31.7 Å². The molecular formula is C19H21N3O. The van der Waals surface area contributed by atoms with Gasteiger partial charge >= 0.3 is 0 Å². The lowest BCUT2D eigenvalue weighted by Gasteiger charge is -2.25. The Morgan fingerprint density at radius 3 is 2.74 bits per heavy atom. The molecule has 0 spiro atoms. The maximum absolute atomic E-state index is 12.1. The summed E-state index contributed by atoms with van der Waals surface area (Å²) >= 11 is 0. The molecule has 0 atom stereocenters. The van der Waals surface area contributed by atoms with E-state index in [4.69, 9.17) is 5.73 Å². The number of nitrogens with one attached hydrogen (secondary N) is 1. The molecule has 1 aromatic heterocycles. The van der Waals surface area contributed by atoms with E-state index in [2.05, 4.69) is 22.4 Å². The summed E-state index contributed by atoms with van der Waals surface area (Å²) in [6.07, 6.45) is 9.45. The van der Waals surface area contributed by atoms with Gasteiger partial charge in [-0.2, -0.15) is 0 Å². The zero-order valence-electron chi connectivity index (χ0n) is 13.0. The molecule has 1 aromatic carbocycles. The predicted octanol–water partition coefficient (Wildman–Crippen LogP) is 3.42. The minimum atomic E-state index is -0.0358. The Labute approximate surface area is 136 Å². The van der Waals surface area contributed by atoms with Gasteiger partial charge in [0.05, 0.1) is 5.56 Å². The number of allylic oxidation sites excluding steroid dienone is 1. The number of rotatable bonds is 3. The summed E-state index contributed by atoms with van der Waals surface area (Å²) in [5, 5.41) is 3.10. The number of nitrogens with two attached hydrogens (primary N) is 1. The summed E-state index contributed by atoms with van der Waals surface area (Å²) in [6.45, 7) is 0. The number of nitrogen functional groups attached to an aromatic ring is 1. The highest BCUT2D eigenvalue weighted by Crippen LogP contribution is 2.26. The minimum absolute atomic E-state index is 0.0358. The standard InChI is InChI=1S/C19H21N3O/c20-17-5-1-3-15(12-17)11-14-6-8-18(9-7-14)22-19(23)16-4-2-10-21-13-16/h1-5,10-13,18H,6-9,20H2,(H,22,23). The van der Waals surface area contributed by atoms with Crippen LogP contribution in [0.2, 0.25) is 0 Å². The molecule has 1 aliphatic rings. The normalized spacial score (nSPS) is 17.6. The topological polar surface area (TPSA) is 68.0 Å². The Kier molecular flexibility index (Phi) is 4.71. The van der Waals surface area contributed by atoms with Gasteiger partial charge in [-0.1, -0.05) is 23.8 Å². The molecule has 1 heterocycles. The van der Waals surface area contributed by atoms with E-state index in [1.165, 1.54) is 5.57 Å². The molecule has 1 saturated carbocycles. The van der Waals surface area contributed by atoms with Crippen LogP contribution < -0.4 is 11.1 Å². The van der Waals surface area contributed by atoms with E-state index in [0.717, 1.165) is 36.9 Å². The predicted molar refractivity (Wildman–Crippen MR) is 92.8 cm³/mol. The Morgan fingerprint density at radius 1 is 1.22 bits per heavy atom. The quantitative estimate of drug-likeness (QED) is 0.854. The maximum atomic E-state index is 12.1. The molecule has 4 heteroatoms. The molecule has 2 aromatic rings. The number of hydrogen-bond donors (Lipinski definition) is 2. The number of carbonyl (C=O) groups is 1. The second-order valence-corrected chi connectivity index (χ2v) is 5.96. The van der Waals surface area contributed by atoms with E-state index in [9.17, 15) is 4.79 Å². The van der Waals surface area contributed by atoms with Gasteiger partial charge < -0.3 is 11.1 Å². The maximum Gasteiger partial charge on any atom is 0.253 e. The highest BCUT2D eigenvalue weighted by atomic mass is 16.1. The third-order valence-electron chi connectivity index (χ3n) is 4.17. The number of hydrogen-bond acceptors (Lipinski definition) is 3. The number of benzene rings is 1. The average molecular weight is 307 g/mol. The fourth-order valence-corrected chi connectivity index (χ4v) is 2.93. The highest BCUT2D eigenvalue weighted by Gasteiger charge is 2.19. The van der Waals surface area contributed by atoms with Crippen LogP contribution in [0.25, 0.3) is 6.08 Å². The molecule has 4 nitrogen and oxygen atoms in total. The first kappa shape index (κ1) is 15.3. The van der Waals surface area contributed by atoms with Crippen molar-refractivity contribution in [2.75, 3.05) is 5.73 Å². The lowest BCUT2D eigenvalue weighted by Crippen LogP contribution is -2.36. The molecule has 3 N–H and O–H groups in total. The molecule has 23 heavy (non-hydrogen) atoms. The van der Waals surface area contributed by atoms with E-state index >= 15 is 0 Å². The molecule has 0 aliphatic heterocycles. The van der Waals surface area contributed by atoms with Crippen LogP contribution in [-0.4, -0.2) is 16.9 Å². The van der Waals surface area contributed by atoms with Gasteiger partial charge in [0.15, 0.2) is 0 Å². The van der Waals surface area contributed by atoms with Crippen molar-refractivity contribution in [2.24, 2.45) is 0 Å². The molecule has 118 valence electrons. The van der Waals surface area contributed by atoms with Gasteiger partial charge in [0.2, 0.25) is 0 Å². The molecule has 1 aliphatic carbocycles. The van der Waals surface area contributed by atoms with Crippen LogP contribution >= 0.6 is 0 Å². The lowest BCUT2D eigenvalue weighted by atomic mass is 9.89. The summed E-state index contributed by atoms with van der Waals surface area (Å²) in [6, 6.07) is 11.7. The summed E-state index contributed by atoms with van der Waals surface area (Å²) < 4.78 is 0. The van der Waals surface area contributed by atoms with Gasteiger partial charge in [0.1, 0.15) is 0 Å². The summed E-state index contributed by atoms with van der Waals surface area (Å²) in [4.78, 5) is 16.1. The third-order valence-corrected chi connectivity index (χ3v) is 4.17. The van der Waals surface area contributed by atoms with Crippen molar-refractivity contribution in [3.8, 4) is 0 Å². The van der Waals surface area contributed by atoms with Crippen LogP contribution in [0.5, 0.6) is 0 Å². The van der Waals surface area contributed by atoms with Gasteiger partial charge in [-0.15, -0.1) is 0 Å². The molecule has 0 unspecified atom stereocenters. The van der Waals surface area contributed by atoms with Crippen molar-refractivity contribution in [1.29, 1.82) is 0 Å². The number of amides is 1. The fraction of sp³-hybridized carbons (Fsp3) is 0.263. The van der Waals surface area contributed by atoms with E-state index in [1.807, 2.05) is 18.2 Å². The summed E-state index contributed by atoms with van der Waals surface area (Å²) in [7, 11) is 0. The van der Waals surface area contributed by atoms with Gasteiger partial charge in [0.25, 0.3) is 5.91 Å². The van der Waals surface area contributed by atoms with E-state index in [-0.39, 0.29) is 11.9 Å². The third kappa shape index (κ3) is 4.19. The number of anilines is 1. The largest absolute Gasteiger partial charge is 0.399 e. The second-order valence-electron chi connectivity index (χ2n) is 5.96. The Morgan fingerprint density at radius 2 is 2.04 bits per heavy atom. The molecule has 0 saturated heterocycles. The van der Waals surface area contributed by atoms with Crippen LogP contribution in [0.3, 0.4) is 0 Å². The van der Waals surface area contributed by atoms with Gasteiger partial charge in [-0.3, -0.25) is 9.78 Å². The smallest absolute Gasteiger partial charge is 0.253 e. The first-order valence-electron chi connectivity index (χ1n) is 7.96. The number of aromatic nitrogens is 1. The zero-order valence-corrected chi connectivity index (χ0v) is 13.0. The van der Waals surface area contributed by atoms with Crippen molar-refractivity contribution < 1.29 is 4.79 Å². The Hall–Kier alpha value is -2.62. The zero-order chi connectivity index (χ0) is 16.1. The molecule has 1 fully saturated rings. The van der Waals surface area contributed by atoms with Crippen LogP contribution in [-0.2, 0) is 0 Å². The van der Waals surface area contributed by atoms with Gasteiger partial charge in [0, 0.05) is 24.1 Å². The number of nitrogens with zero attached hydrogens (tertiary/aromatic N) is 1. The van der Waals surface area contributed by atoms with Gasteiger partial charge in [-0.25, -0.2) is 0 Å². The molecule has 0 bridgehead atoms. The van der Waals surface area contributed by atoms with Crippen molar-refractivity contribution in [3.05, 3.63) is 65.5 Å². The monoisotopic (exact) mass is 307 g/mol. The first-order chi connectivity index (χ1) is 11.2. The Bertz CT molecular complexity index is 700. The SMILES string of the molecule is Nc1cccc(C=C2CCC(NC(=O)c3cccnc3)CC2)c1. The summed E-state index contributed by atoms with van der Waals surface area (Å²) in [5.74, 6) is -0.0358. The Balaban J connectivity index is 1.55. The average Bonchev–Trinajstić information content (AvgIpc) is 2.57. The molecule has 0 radical (unpaired) electrons. The van der Waals surface area contributed by atoms with E-state index in [1.54, 1.807) is 24.5 Å². The van der Waals surface area contributed by atoms with Gasteiger partial charge in [-0.05, 0) is 55.5 Å². The van der Waals surface area contributed by atoms with Crippen molar-refractivity contribution >= 4 is 17.7 Å². The number of pyridine rings is 1. The highest BCUT2D eigenvalue weighted by molar-refractivity contribution is 5.94. The number of carbonyl (C=O) groups excluding carboxylic acids is 1. The summed E-state index contributed by atoms with van der Waals surface area (Å²) in [5.41, 5.74) is 9.79. The molecule has 3 rings (SSSR count). The van der Waals surface area contributed by atoms with Crippen LogP contribution in [0.4, 0.5) is 5.69 Å². The fourth-order valence-electron chi connectivity index (χ4n) is 2.93. The first-order valence-corrected chi connectivity index (χ1v) is 7.96. The van der Waals surface area contributed by atoms with E-state index in [0.29, 0.717) is 5.56 Å². The van der Waals surface area contributed by atoms with Crippen LogP contribution in [0.15, 0.2) is 54.4 Å². The second kappa shape index (κ2) is 7.09. The molecule has 1 amide bonds. The van der Waals surface area contributed by atoms with Crippen LogP contribution in [0, 0.1) is 0 Å². The van der Waals surface area contributed by atoms with Crippen LogP contribution in [0.1, 0.15) is 41.6 Å². The van der Waals surface area contributed by atoms with Crippen molar-refractivity contribution in [3.63, 3.8) is 0 Å². The molecular weight excluding hydrogens is 286 g/mol. The lowest BCUT2D eigenvalue weighted by molar-refractivity contribution is 0.0930. The van der Waals surface area contributed by atoms with E-state index < -0.39 is 0 Å².